The van der Waals surface area contributed by atoms with Gasteiger partial charge in [0.1, 0.15) is 0 Å². The van der Waals surface area contributed by atoms with Gasteiger partial charge in [-0.2, -0.15) is 0 Å². The highest BCUT2D eigenvalue weighted by molar-refractivity contribution is 5.95. The van der Waals surface area contributed by atoms with Crippen molar-refractivity contribution in [2.75, 3.05) is 0 Å². The molecule has 2 N–H and O–H groups in total. The molecule has 0 radical (unpaired) electrons. The van der Waals surface area contributed by atoms with Crippen molar-refractivity contribution in [3.05, 3.63) is 34.4 Å². The molecule has 2 heteroatoms. The average molecular weight is 177 g/mol. The first-order valence-corrected chi connectivity index (χ1v) is 4.37. The summed E-state index contributed by atoms with van der Waals surface area (Å²) in [6.45, 7) is 6.04. The van der Waals surface area contributed by atoms with Crippen LogP contribution in [0.25, 0.3) is 0 Å². The zero-order chi connectivity index (χ0) is 10.0. The molecule has 1 rings (SSSR count). The number of ketones is 1. The van der Waals surface area contributed by atoms with Gasteiger partial charge in [0, 0.05) is 12.1 Å². The van der Waals surface area contributed by atoms with E-state index in [1.165, 1.54) is 0 Å². The van der Waals surface area contributed by atoms with E-state index in [-0.39, 0.29) is 5.78 Å². The van der Waals surface area contributed by atoms with Crippen molar-refractivity contribution in [3.63, 3.8) is 0 Å². The summed E-state index contributed by atoms with van der Waals surface area (Å²) in [7, 11) is 0. The van der Waals surface area contributed by atoms with E-state index in [0.717, 1.165) is 22.3 Å². The van der Waals surface area contributed by atoms with E-state index in [1.807, 2.05) is 26.0 Å². The number of aryl methyl sites for hydroxylation is 2. The van der Waals surface area contributed by atoms with Crippen molar-refractivity contribution in [1.29, 1.82) is 0 Å². The molecule has 13 heavy (non-hydrogen) atoms. The van der Waals surface area contributed by atoms with E-state index in [2.05, 4.69) is 0 Å². The van der Waals surface area contributed by atoms with Gasteiger partial charge in [0.15, 0.2) is 5.78 Å². The number of hydrogen-bond acceptors (Lipinski definition) is 2. The number of carbonyl (C=O) groups excluding carboxylic acids is 1. The van der Waals surface area contributed by atoms with Gasteiger partial charge in [-0.05, 0) is 43.5 Å². The zero-order valence-corrected chi connectivity index (χ0v) is 8.35. The van der Waals surface area contributed by atoms with Crippen LogP contribution in [0, 0.1) is 13.8 Å². The van der Waals surface area contributed by atoms with Crippen molar-refractivity contribution in [2.45, 2.75) is 27.3 Å². The fourth-order valence-electron chi connectivity index (χ4n) is 1.48. The minimum Gasteiger partial charge on any atom is -0.326 e. The highest BCUT2D eigenvalue weighted by atomic mass is 16.1. The van der Waals surface area contributed by atoms with Crippen LogP contribution in [-0.4, -0.2) is 5.78 Å². The molecular weight excluding hydrogens is 162 g/mol. The standard InChI is InChI=1S/C11H15NO/c1-7-5-11(9(3)13)8(2)4-10(7)6-12/h4-5H,6,12H2,1-3H3. The van der Waals surface area contributed by atoms with E-state index in [4.69, 9.17) is 5.73 Å². The topological polar surface area (TPSA) is 43.1 Å². The molecule has 0 amide bonds. The van der Waals surface area contributed by atoms with Crippen LogP contribution < -0.4 is 5.73 Å². The van der Waals surface area contributed by atoms with Crippen LogP contribution in [-0.2, 0) is 6.54 Å². The molecule has 0 spiro atoms. The van der Waals surface area contributed by atoms with E-state index in [9.17, 15) is 4.79 Å². The molecule has 2 nitrogen and oxygen atoms in total. The Bertz CT molecular complexity index is 342. The van der Waals surface area contributed by atoms with E-state index in [1.54, 1.807) is 6.92 Å². The molecule has 0 aromatic heterocycles. The van der Waals surface area contributed by atoms with Crippen LogP contribution in [0.15, 0.2) is 12.1 Å². The van der Waals surface area contributed by atoms with Gasteiger partial charge in [-0.3, -0.25) is 4.79 Å². The molecule has 1 aromatic carbocycles. The van der Waals surface area contributed by atoms with Gasteiger partial charge < -0.3 is 5.73 Å². The normalized spacial score (nSPS) is 10.2. The van der Waals surface area contributed by atoms with Gasteiger partial charge in [0.05, 0.1) is 0 Å². The maximum atomic E-state index is 11.2. The van der Waals surface area contributed by atoms with Gasteiger partial charge >= 0.3 is 0 Å². The highest BCUT2D eigenvalue weighted by Crippen LogP contribution is 2.16. The molecule has 0 atom stereocenters. The number of hydrogen-bond donors (Lipinski definition) is 1. The van der Waals surface area contributed by atoms with Crippen LogP contribution in [0.1, 0.15) is 34.0 Å². The van der Waals surface area contributed by atoms with Crippen molar-refractivity contribution in [1.82, 2.24) is 0 Å². The lowest BCUT2D eigenvalue weighted by Crippen LogP contribution is -2.03. The molecule has 0 aliphatic heterocycles. The second kappa shape index (κ2) is 3.71. The third-order valence-electron chi connectivity index (χ3n) is 2.28. The van der Waals surface area contributed by atoms with Crippen LogP contribution in [0.5, 0.6) is 0 Å². The lowest BCUT2D eigenvalue weighted by atomic mass is 9.98. The van der Waals surface area contributed by atoms with Crippen LogP contribution >= 0.6 is 0 Å². The van der Waals surface area contributed by atoms with Crippen LogP contribution in [0.3, 0.4) is 0 Å². The molecule has 0 fully saturated rings. The van der Waals surface area contributed by atoms with Crippen molar-refractivity contribution >= 4 is 5.78 Å². The average Bonchev–Trinajstić information content (AvgIpc) is 2.07. The largest absolute Gasteiger partial charge is 0.326 e. The number of rotatable bonds is 2. The second-order valence-electron chi connectivity index (χ2n) is 3.35. The second-order valence-corrected chi connectivity index (χ2v) is 3.35. The van der Waals surface area contributed by atoms with Crippen molar-refractivity contribution in [2.24, 2.45) is 5.73 Å². The lowest BCUT2D eigenvalue weighted by molar-refractivity contribution is 0.101. The predicted molar refractivity (Wildman–Crippen MR) is 53.8 cm³/mol. The first-order valence-electron chi connectivity index (χ1n) is 4.37. The Balaban J connectivity index is 3.28. The number of Topliss-reactive ketones (excluding diaryl/α,β-unsaturated/α-hetero) is 1. The van der Waals surface area contributed by atoms with Gasteiger partial charge in [-0.15, -0.1) is 0 Å². The van der Waals surface area contributed by atoms with Gasteiger partial charge in [-0.25, -0.2) is 0 Å². The molecule has 0 saturated carbocycles. The minimum atomic E-state index is 0.115. The molecule has 0 heterocycles. The smallest absolute Gasteiger partial charge is 0.160 e. The molecule has 1 aromatic rings. The summed E-state index contributed by atoms with van der Waals surface area (Å²) in [5.41, 5.74) is 9.58. The predicted octanol–water partition coefficient (Wildman–Crippen LogP) is 1.96. The van der Waals surface area contributed by atoms with Gasteiger partial charge in [0.2, 0.25) is 0 Å². The Kier molecular flexibility index (Phi) is 2.83. The fourth-order valence-corrected chi connectivity index (χ4v) is 1.48. The monoisotopic (exact) mass is 177 g/mol. The Morgan fingerprint density at radius 2 is 1.92 bits per heavy atom. The summed E-state index contributed by atoms with van der Waals surface area (Å²) in [5, 5.41) is 0. The Labute approximate surface area is 78.8 Å². The number of nitrogens with two attached hydrogens (primary N) is 1. The number of carbonyl (C=O) groups is 1. The molecule has 0 saturated heterocycles. The van der Waals surface area contributed by atoms with Crippen LogP contribution in [0.2, 0.25) is 0 Å². The summed E-state index contributed by atoms with van der Waals surface area (Å²) in [6, 6.07) is 3.91. The maximum Gasteiger partial charge on any atom is 0.160 e. The number of benzene rings is 1. The SMILES string of the molecule is CC(=O)c1cc(C)c(CN)cc1C. The summed E-state index contributed by atoms with van der Waals surface area (Å²) >= 11 is 0. The lowest BCUT2D eigenvalue weighted by Gasteiger charge is -2.08. The molecule has 0 aliphatic carbocycles. The fraction of sp³-hybridized carbons (Fsp3) is 0.364. The Morgan fingerprint density at radius 1 is 1.31 bits per heavy atom. The molecule has 70 valence electrons. The molecule has 0 aliphatic rings. The molecular formula is C11H15NO. The Hall–Kier alpha value is -1.15. The summed E-state index contributed by atoms with van der Waals surface area (Å²) in [6.07, 6.45) is 0. The summed E-state index contributed by atoms with van der Waals surface area (Å²) < 4.78 is 0. The minimum absolute atomic E-state index is 0.115. The highest BCUT2D eigenvalue weighted by Gasteiger charge is 2.06. The van der Waals surface area contributed by atoms with Gasteiger partial charge in [-0.1, -0.05) is 6.07 Å². The van der Waals surface area contributed by atoms with Gasteiger partial charge in [0.25, 0.3) is 0 Å². The maximum absolute atomic E-state index is 11.2. The van der Waals surface area contributed by atoms with E-state index < -0.39 is 0 Å². The molecule has 0 unspecified atom stereocenters. The quantitative estimate of drug-likeness (QED) is 0.702. The molecule has 0 bridgehead atoms. The van der Waals surface area contributed by atoms with E-state index >= 15 is 0 Å². The van der Waals surface area contributed by atoms with Crippen LogP contribution in [0.4, 0.5) is 0 Å². The van der Waals surface area contributed by atoms with E-state index in [0.29, 0.717) is 6.54 Å². The Morgan fingerprint density at radius 3 is 2.38 bits per heavy atom. The van der Waals surface area contributed by atoms with Crippen molar-refractivity contribution < 1.29 is 4.79 Å². The summed E-state index contributed by atoms with van der Waals surface area (Å²) in [5.74, 6) is 0.115. The first-order chi connectivity index (χ1) is 6.06. The third-order valence-corrected chi connectivity index (χ3v) is 2.28. The first kappa shape index (κ1) is 9.93. The zero-order valence-electron chi connectivity index (χ0n) is 8.35. The summed E-state index contributed by atoms with van der Waals surface area (Å²) in [4.78, 5) is 11.2. The third kappa shape index (κ3) is 1.95. The van der Waals surface area contributed by atoms with Crippen molar-refractivity contribution in [3.8, 4) is 0 Å².